The van der Waals surface area contributed by atoms with Gasteiger partial charge < -0.3 is 4.74 Å². The summed E-state index contributed by atoms with van der Waals surface area (Å²) >= 11 is 0. The van der Waals surface area contributed by atoms with Crippen LogP contribution >= 0.6 is 0 Å². The van der Waals surface area contributed by atoms with E-state index < -0.39 is 0 Å². The number of unbranched alkanes of at least 4 members (excludes halogenated alkanes) is 1. The number of hydrogen-bond acceptors (Lipinski definition) is 1. The molecule has 0 aliphatic heterocycles. The van der Waals surface area contributed by atoms with E-state index in [2.05, 4.69) is 86.4 Å². The summed E-state index contributed by atoms with van der Waals surface area (Å²) < 4.78 is 5.70. The van der Waals surface area contributed by atoms with E-state index in [1.165, 1.54) is 56.1 Å². The molecule has 2 aromatic carbocycles. The summed E-state index contributed by atoms with van der Waals surface area (Å²) in [5.41, 5.74) is 3.98. The van der Waals surface area contributed by atoms with Gasteiger partial charge in [-0.2, -0.15) is 0 Å². The fourth-order valence-corrected chi connectivity index (χ4v) is 4.15. The molecule has 1 fully saturated rings. The zero-order chi connectivity index (χ0) is 21.0. The minimum atomic E-state index is 0.666. The van der Waals surface area contributed by atoms with E-state index in [0.717, 1.165) is 24.3 Å². The molecule has 1 aliphatic carbocycles. The van der Waals surface area contributed by atoms with Gasteiger partial charge in [0.15, 0.2) is 0 Å². The molecule has 0 atom stereocenters. The van der Waals surface area contributed by atoms with Crippen LogP contribution in [0.15, 0.2) is 60.7 Å². The lowest BCUT2D eigenvalue weighted by Crippen LogP contribution is -2.11. The Morgan fingerprint density at radius 1 is 0.900 bits per heavy atom. The molecule has 0 spiro atoms. The van der Waals surface area contributed by atoms with Gasteiger partial charge >= 0.3 is 0 Å². The van der Waals surface area contributed by atoms with Gasteiger partial charge in [0.05, 0.1) is 6.61 Å². The maximum Gasteiger partial charge on any atom is 0.119 e. The van der Waals surface area contributed by atoms with Gasteiger partial charge in [0.1, 0.15) is 5.75 Å². The maximum absolute atomic E-state index is 5.70. The zero-order valence-electron chi connectivity index (χ0n) is 18.7. The predicted molar refractivity (Wildman–Crippen MR) is 128 cm³/mol. The van der Waals surface area contributed by atoms with Gasteiger partial charge in [-0.25, -0.2) is 0 Å². The molecule has 0 bridgehead atoms. The summed E-state index contributed by atoms with van der Waals surface area (Å²) in [5, 5.41) is 0. The highest BCUT2D eigenvalue weighted by Crippen LogP contribution is 2.36. The maximum atomic E-state index is 5.70. The minimum absolute atomic E-state index is 0.666. The number of hydrogen-bond donors (Lipinski definition) is 0. The first kappa shape index (κ1) is 22.2. The summed E-state index contributed by atoms with van der Waals surface area (Å²) in [4.78, 5) is 0. The van der Waals surface area contributed by atoms with E-state index in [1.54, 1.807) is 0 Å². The van der Waals surface area contributed by atoms with E-state index in [4.69, 9.17) is 4.74 Å². The van der Waals surface area contributed by atoms with Crippen molar-refractivity contribution in [3.05, 3.63) is 77.4 Å². The molecular formula is C29H36O. The summed E-state index contributed by atoms with van der Waals surface area (Å²) in [5.74, 6) is 8.85. The van der Waals surface area contributed by atoms with Gasteiger partial charge in [-0.05, 0) is 98.2 Å². The highest BCUT2D eigenvalue weighted by Gasteiger charge is 2.20. The van der Waals surface area contributed by atoms with Gasteiger partial charge in [0.2, 0.25) is 0 Å². The van der Waals surface area contributed by atoms with Gasteiger partial charge in [0, 0.05) is 5.56 Å². The summed E-state index contributed by atoms with van der Waals surface area (Å²) in [6, 6.07) is 17.5. The highest BCUT2D eigenvalue weighted by atomic mass is 16.5. The van der Waals surface area contributed by atoms with Crippen molar-refractivity contribution in [1.82, 2.24) is 0 Å². The third-order valence-electron chi connectivity index (χ3n) is 6.04. The van der Waals surface area contributed by atoms with Crippen molar-refractivity contribution in [3.63, 3.8) is 0 Å². The molecule has 1 saturated carbocycles. The minimum Gasteiger partial charge on any atom is -0.494 e. The van der Waals surface area contributed by atoms with Crippen LogP contribution in [0.2, 0.25) is 0 Å². The van der Waals surface area contributed by atoms with Crippen LogP contribution in [0.3, 0.4) is 0 Å². The zero-order valence-corrected chi connectivity index (χ0v) is 18.7. The van der Waals surface area contributed by atoms with Crippen LogP contribution < -0.4 is 4.74 Å². The second-order valence-electron chi connectivity index (χ2n) is 8.46. The molecule has 0 amide bonds. The first-order chi connectivity index (χ1) is 14.8. The standard InChI is InChI=1S/C29H36O/c1-3-5-8-24-11-13-25(14-12-24)9-6-7-10-26-15-17-27(18-16-26)28-19-21-29(22-20-28)30-23-4-2/h7,10-14,19-22,26-27H,3-5,8,15-18,23H2,1-2H3/b10-7+/t26-,27-. The monoisotopic (exact) mass is 400 g/mol. The third kappa shape index (κ3) is 7.10. The fraction of sp³-hybridized carbons (Fsp3) is 0.448. The molecule has 30 heavy (non-hydrogen) atoms. The molecule has 3 rings (SSSR count). The quantitative estimate of drug-likeness (QED) is 0.412. The van der Waals surface area contributed by atoms with Crippen molar-refractivity contribution in [2.75, 3.05) is 6.61 Å². The summed E-state index contributed by atoms with van der Waals surface area (Å²) in [6.07, 6.45) is 14.1. The van der Waals surface area contributed by atoms with Crippen LogP contribution in [0.25, 0.3) is 0 Å². The van der Waals surface area contributed by atoms with Gasteiger partial charge in [-0.1, -0.05) is 62.5 Å². The number of ether oxygens (including phenoxy) is 1. The number of benzene rings is 2. The topological polar surface area (TPSA) is 9.23 Å². The first-order valence-corrected chi connectivity index (χ1v) is 11.8. The lowest BCUT2D eigenvalue weighted by Gasteiger charge is -2.27. The first-order valence-electron chi connectivity index (χ1n) is 11.8. The summed E-state index contributed by atoms with van der Waals surface area (Å²) in [7, 11) is 0. The highest BCUT2D eigenvalue weighted by molar-refractivity contribution is 5.38. The van der Waals surface area contributed by atoms with E-state index in [-0.39, 0.29) is 0 Å². The molecular weight excluding hydrogens is 364 g/mol. The Morgan fingerprint density at radius 3 is 2.30 bits per heavy atom. The van der Waals surface area contributed by atoms with Crippen molar-refractivity contribution in [3.8, 4) is 17.6 Å². The molecule has 0 unspecified atom stereocenters. The van der Waals surface area contributed by atoms with E-state index in [1.807, 2.05) is 0 Å². The molecule has 0 N–H and O–H groups in total. The van der Waals surface area contributed by atoms with Crippen LogP contribution in [0.4, 0.5) is 0 Å². The van der Waals surface area contributed by atoms with E-state index in [9.17, 15) is 0 Å². The average molecular weight is 401 g/mol. The Kier molecular flexibility index (Phi) is 9.10. The molecule has 0 aromatic heterocycles. The van der Waals surface area contributed by atoms with Crippen molar-refractivity contribution >= 4 is 0 Å². The SMILES string of the molecule is CCCCc1ccc(C#C/C=C/[C@H]2CC[C@H](c3ccc(OCCC)cc3)CC2)cc1. The molecule has 1 nitrogen and oxygen atoms in total. The van der Waals surface area contributed by atoms with Crippen LogP contribution in [0.5, 0.6) is 5.75 Å². The molecule has 158 valence electrons. The van der Waals surface area contributed by atoms with Crippen LogP contribution in [0, 0.1) is 17.8 Å². The Balaban J connectivity index is 1.43. The fourth-order valence-electron chi connectivity index (χ4n) is 4.15. The third-order valence-corrected chi connectivity index (χ3v) is 6.04. The van der Waals surface area contributed by atoms with Crippen molar-refractivity contribution in [2.24, 2.45) is 5.92 Å². The Morgan fingerprint density at radius 2 is 1.63 bits per heavy atom. The Hall–Kier alpha value is -2.46. The molecule has 0 radical (unpaired) electrons. The van der Waals surface area contributed by atoms with Crippen molar-refractivity contribution in [2.45, 2.75) is 71.1 Å². The smallest absolute Gasteiger partial charge is 0.119 e. The average Bonchev–Trinajstić information content (AvgIpc) is 2.81. The molecule has 0 heterocycles. The Labute approximate surface area is 183 Å². The normalized spacial score (nSPS) is 18.7. The second-order valence-corrected chi connectivity index (χ2v) is 8.46. The molecule has 0 saturated heterocycles. The lowest BCUT2D eigenvalue weighted by molar-refractivity contribution is 0.317. The van der Waals surface area contributed by atoms with E-state index in [0.29, 0.717) is 11.8 Å². The molecule has 1 heteroatoms. The van der Waals surface area contributed by atoms with Crippen LogP contribution in [-0.2, 0) is 6.42 Å². The second kappa shape index (κ2) is 12.3. The number of rotatable bonds is 8. The largest absolute Gasteiger partial charge is 0.494 e. The number of allylic oxidation sites excluding steroid dienone is 2. The Bertz CT molecular complexity index is 825. The van der Waals surface area contributed by atoms with Gasteiger partial charge in [-0.3, -0.25) is 0 Å². The van der Waals surface area contributed by atoms with E-state index >= 15 is 0 Å². The number of aryl methyl sites for hydroxylation is 1. The van der Waals surface area contributed by atoms with Gasteiger partial charge in [-0.15, -0.1) is 0 Å². The lowest BCUT2D eigenvalue weighted by atomic mass is 9.78. The van der Waals surface area contributed by atoms with Crippen LogP contribution in [0.1, 0.15) is 81.4 Å². The predicted octanol–water partition coefficient (Wildman–Crippen LogP) is 7.70. The van der Waals surface area contributed by atoms with Gasteiger partial charge in [0.25, 0.3) is 0 Å². The summed E-state index contributed by atoms with van der Waals surface area (Å²) in [6.45, 7) is 5.17. The van der Waals surface area contributed by atoms with Crippen molar-refractivity contribution in [1.29, 1.82) is 0 Å². The van der Waals surface area contributed by atoms with Crippen LogP contribution in [-0.4, -0.2) is 6.61 Å². The molecule has 1 aliphatic rings. The van der Waals surface area contributed by atoms with Crippen molar-refractivity contribution < 1.29 is 4.74 Å². The molecule has 2 aromatic rings.